The number of thiophene rings is 1. The molecule has 0 bridgehead atoms. The fraction of sp³-hybridized carbons (Fsp3) is 0.286. The van der Waals surface area contributed by atoms with Gasteiger partial charge in [0.05, 0.1) is 0 Å². The van der Waals surface area contributed by atoms with Crippen molar-refractivity contribution in [3.05, 3.63) is 71.8 Å². The molecule has 3 heteroatoms. The highest BCUT2D eigenvalue weighted by atomic mass is 32.1. The number of unbranched alkanes of at least 4 members (excludes halogenated alkanes) is 1. The van der Waals surface area contributed by atoms with Crippen molar-refractivity contribution in [1.82, 2.24) is 4.98 Å². The first-order chi connectivity index (χ1) is 15.0. The van der Waals surface area contributed by atoms with Gasteiger partial charge in [0.25, 0.3) is 0 Å². The first-order valence-electron chi connectivity index (χ1n) is 11.2. The first kappa shape index (κ1) is 20.3. The van der Waals surface area contributed by atoms with E-state index in [1.807, 2.05) is 11.3 Å². The molecule has 0 saturated heterocycles. The second-order valence-electron chi connectivity index (χ2n) is 9.54. The highest BCUT2D eigenvalue weighted by Gasteiger charge is 2.18. The summed E-state index contributed by atoms with van der Waals surface area (Å²) in [7, 11) is 0. The van der Waals surface area contributed by atoms with E-state index < -0.39 is 0 Å². The Bertz CT molecular complexity index is 1380. The van der Waals surface area contributed by atoms with Gasteiger partial charge in [-0.1, -0.05) is 51.1 Å². The highest BCUT2D eigenvalue weighted by molar-refractivity contribution is 7.25. The van der Waals surface area contributed by atoms with E-state index >= 15 is 0 Å². The Hall–Kier alpha value is -2.62. The van der Waals surface area contributed by atoms with E-state index in [2.05, 4.69) is 86.4 Å². The summed E-state index contributed by atoms with van der Waals surface area (Å²) < 4.78 is 2.70. The molecule has 2 nitrogen and oxygen atoms in total. The molecule has 0 unspecified atom stereocenters. The number of fused-ring (bicyclic) bond motifs is 4. The molecule has 3 N–H and O–H groups in total. The smallest absolute Gasteiger partial charge is 0.0497 e. The monoisotopic (exact) mass is 426 g/mol. The quantitative estimate of drug-likeness (QED) is 0.277. The van der Waals surface area contributed by atoms with E-state index in [-0.39, 0.29) is 5.41 Å². The number of rotatable bonds is 5. The standard InChI is InChI=1S/C28H30N2S/c1-28(2,3)19-12-13-24-22(17-19)21(9-6-7-15-29)27(30-24)18-11-14-26-23(16-18)20-8-4-5-10-25(20)31-26/h4-5,8,10-14,16-17,30H,6-7,9,15,29H2,1-3H3. The number of hydrogen-bond donors (Lipinski definition) is 2. The molecule has 158 valence electrons. The number of benzene rings is 3. The van der Waals surface area contributed by atoms with Crippen molar-refractivity contribution in [2.24, 2.45) is 5.73 Å². The van der Waals surface area contributed by atoms with Crippen LogP contribution in [0.15, 0.2) is 60.7 Å². The largest absolute Gasteiger partial charge is 0.354 e. The second kappa shape index (κ2) is 7.81. The average molecular weight is 427 g/mol. The van der Waals surface area contributed by atoms with Crippen molar-refractivity contribution in [3.8, 4) is 11.3 Å². The van der Waals surface area contributed by atoms with Crippen LogP contribution in [-0.2, 0) is 11.8 Å². The maximum Gasteiger partial charge on any atom is 0.0497 e. The lowest BCUT2D eigenvalue weighted by Crippen LogP contribution is -2.10. The molecule has 0 aliphatic carbocycles. The Morgan fingerprint density at radius 1 is 0.839 bits per heavy atom. The van der Waals surface area contributed by atoms with Crippen molar-refractivity contribution in [3.63, 3.8) is 0 Å². The van der Waals surface area contributed by atoms with Gasteiger partial charge in [0.15, 0.2) is 0 Å². The lowest BCUT2D eigenvalue weighted by atomic mass is 9.86. The molecule has 5 rings (SSSR count). The predicted molar refractivity (Wildman–Crippen MR) is 137 cm³/mol. The van der Waals surface area contributed by atoms with Crippen LogP contribution in [0.25, 0.3) is 42.3 Å². The highest BCUT2D eigenvalue weighted by Crippen LogP contribution is 2.39. The Labute approximate surface area is 188 Å². The normalized spacial score (nSPS) is 12.4. The zero-order chi connectivity index (χ0) is 21.6. The van der Waals surface area contributed by atoms with Gasteiger partial charge in [-0.05, 0) is 78.2 Å². The molecule has 0 spiro atoms. The van der Waals surface area contributed by atoms with E-state index in [1.165, 1.54) is 53.5 Å². The number of aryl methyl sites for hydroxylation is 1. The van der Waals surface area contributed by atoms with Crippen LogP contribution >= 0.6 is 11.3 Å². The topological polar surface area (TPSA) is 41.8 Å². The number of aromatic nitrogens is 1. The third-order valence-corrected chi connectivity index (χ3v) is 7.47. The van der Waals surface area contributed by atoms with Crippen molar-refractivity contribution < 1.29 is 0 Å². The van der Waals surface area contributed by atoms with E-state index in [1.54, 1.807) is 0 Å². The number of hydrogen-bond acceptors (Lipinski definition) is 2. The van der Waals surface area contributed by atoms with Gasteiger partial charge in [-0.2, -0.15) is 0 Å². The molecule has 2 aromatic heterocycles. The van der Waals surface area contributed by atoms with Crippen LogP contribution in [0.4, 0.5) is 0 Å². The number of nitrogens with one attached hydrogen (secondary N) is 1. The predicted octanol–water partition coefficient (Wildman–Crippen LogP) is 7.78. The van der Waals surface area contributed by atoms with Crippen LogP contribution in [0.1, 0.15) is 44.7 Å². The average Bonchev–Trinajstić information content (AvgIpc) is 3.31. The molecule has 0 amide bonds. The Kier molecular flexibility index (Phi) is 5.11. The van der Waals surface area contributed by atoms with Gasteiger partial charge < -0.3 is 10.7 Å². The van der Waals surface area contributed by atoms with Crippen molar-refractivity contribution in [2.75, 3.05) is 6.54 Å². The molecular formula is C28H30N2S. The summed E-state index contributed by atoms with van der Waals surface area (Å²) in [6.45, 7) is 7.60. The summed E-state index contributed by atoms with van der Waals surface area (Å²) >= 11 is 1.87. The molecule has 31 heavy (non-hydrogen) atoms. The van der Waals surface area contributed by atoms with E-state index in [0.717, 1.165) is 25.8 Å². The third kappa shape index (κ3) is 3.66. The molecular weight excluding hydrogens is 396 g/mol. The maximum atomic E-state index is 5.81. The van der Waals surface area contributed by atoms with Crippen LogP contribution in [-0.4, -0.2) is 11.5 Å². The third-order valence-electron chi connectivity index (χ3n) is 6.32. The fourth-order valence-electron chi connectivity index (χ4n) is 4.55. The van der Waals surface area contributed by atoms with Crippen LogP contribution in [0, 0.1) is 0 Å². The van der Waals surface area contributed by atoms with Gasteiger partial charge >= 0.3 is 0 Å². The Morgan fingerprint density at radius 2 is 1.65 bits per heavy atom. The molecule has 0 atom stereocenters. The van der Waals surface area contributed by atoms with Crippen molar-refractivity contribution in [2.45, 2.75) is 45.4 Å². The summed E-state index contributed by atoms with van der Waals surface area (Å²) in [6, 6.07) is 22.6. The maximum absolute atomic E-state index is 5.81. The fourth-order valence-corrected chi connectivity index (χ4v) is 5.63. The van der Waals surface area contributed by atoms with Crippen molar-refractivity contribution in [1.29, 1.82) is 0 Å². The lowest BCUT2D eigenvalue weighted by molar-refractivity contribution is 0.591. The van der Waals surface area contributed by atoms with Gasteiger partial charge in [-0.25, -0.2) is 0 Å². The number of aromatic amines is 1. The van der Waals surface area contributed by atoms with Crippen LogP contribution in [0.2, 0.25) is 0 Å². The molecule has 0 radical (unpaired) electrons. The van der Waals surface area contributed by atoms with Gasteiger partial charge in [-0.15, -0.1) is 11.3 Å². The summed E-state index contributed by atoms with van der Waals surface area (Å²) in [4.78, 5) is 3.76. The van der Waals surface area contributed by atoms with Gasteiger partial charge in [0.1, 0.15) is 0 Å². The number of nitrogens with two attached hydrogens (primary N) is 1. The van der Waals surface area contributed by atoms with Gasteiger partial charge in [-0.3, -0.25) is 0 Å². The minimum Gasteiger partial charge on any atom is -0.354 e. The van der Waals surface area contributed by atoms with E-state index in [0.29, 0.717) is 0 Å². The molecule has 0 aliphatic rings. The summed E-state index contributed by atoms with van der Waals surface area (Å²) in [5.41, 5.74) is 12.5. The number of H-pyrrole nitrogens is 1. The van der Waals surface area contributed by atoms with Crippen LogP contribution < -0.4 is 5.73 Å². The first-order valence-corrected chi connectivity index (χ1v) is 12.0. The SMILES string of the molecule is CC(C)(C)c1ccc2[nH]c(-c3ccc4sc5ccccc5c4c3)c(CCCCN)c2c1. The van der Waals surface area contributed by atoms with Crippen LogP contribution in [0.3, 0.4) is 0 Å². The molecule has 0 fully saturated rings. The summed E-state index contributed by atoms with van der Waals surface area (Å²) in [5, 5.41) is 4.05. The Balaban J connectivity index is 1.70. The molecule has 3 aromatic carbocycles. The molecule has 0 aliphatic heterocycles. The Morgan fingerprint density at radius 3 is 2.45 bits per heavy atom. The van der Waals surface area contributed by atoms with Crippen molar-refractivity contribution >= 4 is 42.4 Å². The minimum atomic E-state index is 0.134. The van der Waals surface area contributed by atoms with Gasteiger partial charge in [0.2, 0.25) is 0 Å². The molecule has 0 saturated carbocycles. The van der Waals surface area contributed by atoms with Gasteiger partial charge in [0, 0.05) is 36.8 Å². The lowest BCUT2D eigenvalue weighted by Gasteiger charge is -2.19. The molecule has 2 heterocycles. The van der Waals surface area contributed by atoms with E-state index in [4.69, 9.17) is 5.73 Å². The van der Waals surface area contributed by atoms with Crippen LogP contribution in [0.5, 0.6) is 0 Å². The summed E-state index contributed by atoms with van der Waals surface area (Å²) in [6.07, 6.45) is 3.21. The minimum absolute atomic E-state index is 0.134. The summed E-state index contributed by atoms with van der Waals surface area (Å²) in [5.74, 6) is 0. The zero-order valence-electron chi connectivity index (χ0n) is 18.6. The van der Waals surface area contributed by atoms with E-state index in [9.17, 15) is 0 Å². The second-order valence-corrected chi connectivity index (χ2v) is 10.6. The molecule has 5 aromatic rings. The zero-order valence-corrected chi connectivity index (χ0v) is 19.4.